The summed E-state index contributed by atoms with van der Waals surface area (Å²) in [7, 11) is -4.44. The molecule has 2 unspecified atom stereocenters. The number of nitrogens with two attached hydrogens (primary N) is 1. The van der Waals surface area contributed by atoms with Gasteiger partial charge in [0, 0.05) is 19.4 Å². The predicted molar refractivity (Wildman–Crippen MR) is 230 cm³/mol. The van der Waals surface area contributed by atoms with E-state index in [1.54, 1.807) is 12.2 Å². The van der Waals surface area contributed by atoms with Crippen LogP contribution in [-0.2, 0) is 32.7 Å². The SMILES string of the molecule is CC/C=C\C/C=C\C/C=C\C/C=C\C=C\C(O)CCCC(=O)O[C@H](COC(=O)CCCCCCCCC/C=C\CCCCCCCC)COP(=O)(O)OCCN. The third-order valence-electron chi connectivity index (χ3n) is 8.68. The Hall–Kier alpha value is -2.59. The van der Waals surface area contributed by atoms with Crippen molar-refractivity contribution in [3.05, 3.63) is 72.9 Å². The smallest absolute Gasteiger partial charge is 0.462 e. The van der Waals surface area contributed by atoms with Crippen molar-refractivity contribution in [1.82, 2.24) is 0 Å². The number of phosphoric ester groups is 1. The minimum absolute atomic E-state index is 0.00423. The Bertz CT molecular complexity index is 1160. The average Bonchev–Trinajstić information content (AvgIpc) is 3.18. The topological polar surface area (TPSA) is 155 Å². The minimum atomic E-state index is -4.44. The van der Waals surface area contributed by atoms with Gasteiger partial charge in [-0.3, -0.25) is 18.6 Å². The molecule has 11 heteroatoms. The number of ether oxygens (including phenoxy) is 2. The van der Waals surface area contributed by atoms with Crippen LogP contribution in [-0.4, -0.2) is 60.5 Å². The van der Waals surface area contributed by atoms with Crippen molar-refractivity contribution < 1.29 is 42.7 Å². The Morgan fingerprint density at radius 3 is 1.80 bits per heavy atom. The molecule has 0 rings (SSSR count). The summed E-state index contributed by atoms with van der Waals surface area (Å²) in [6.45, 7) is 3.37. The quantitative estimate of drug-likeness (QED) is 0.0180. The molecule has 0 aromatic carbocycles. The highest BCUT2D eigenvalue weighted by Gasteiger charge is 2.26. The van der Waals surface area contributed by atoms with Crippen LogP contribution in [0, 0.1) is 0 Å². The van der Waals surface area contributed by atoms with Gasteiger partial charge in [0.1, 0.15) is 6.61 Å². The summed E-state index contributed by atoms with van der Waals surface area (Å²) in [6, 6.07) is 0. The summed E-state index contributed by atoms with van der Waals surface area (Å²) in [5.41, 5.74) is 5.33. The number of aliphatic hydroxyl groups excluding tert-OH is 1. The first kappa shape index (κ1) is 53.4. The van der Waals surface area contributed by atoms with Gasteiger partial charge < -0.3 is 25.2 Å². The van der Waals surface area contributed by atoms with Gasteiger partial charge in [0.2, 0.25) is 0 Å². The highest BCUT2D eigenvalue weighted by molar-refractivity contribution is 7.47. The number of hydrogen-bond donors (Lipinski definition) is 3. The first-order valence-electron chi connectivity index (χ1n) is 21.5. The second-order valence-corrected chi connectivity index (χ2v) is 15.5. The number of aliphatic hydroxyl groups is 1. The average molecular weight is 808 g/mol. The molecule has 0 heterocycles. The van der Waals surface area contributed by atoms with Crippen LogP contribution in [0.5, 0.6) is 0 Å². The molecule has 0 radical (unpaired) electrons. The minimum Gasteiger partial charge on any atom is -0.462 e. The lowest BCUT2D eigenvalue weighted by molar-refractivity contribution is -0.161. The molecule has 56 heavy (non-hydrogen) atoms. The van der Waals surface area contributed by atoms with Gasteiger partial charge in [-0.15, -0.1) is 0 Å². The van der Waals surface area contributed by atoms with Crippen LogP contribution in [0.3, 0.4) is 0 Å². The molecule has 3 atom stereocenters. The normalized spacial score (nSPS) is 14.6. The Morgan fingerprint density at radius 2 is 1.20 bits per heavy atom. The van der Waals surface area contributed by atoms with Crippen LogP contribution in [0.15, 0.2) is 72.9 Å². The van der Waals surface area contributed by atoms with Crippen LogP contribution in [0.4, 0.5) is 0 Å². The molecule has 0 amide bonds. The number of carbonyl (C=O) groups is 2. The molecule has 0 saturated heterocycles. The van der Waals surface area contributed by atoms with Crippen LogP contribution in [0.25, 0.3) is 0 Å². The van der Waals surface area contributed by atoms with E-state index in [2.05, 4.69) is 62.5 Å². The van der Waals surface area contributed by atoms with Crippen molar-refractivity contribution >= 4 is 19.8 Å². The molecule has 0 aliphatic rings. The zero-order valence-corrected chi connectivity index (χ0v) is 35.8. The van der Waals surface area contributed by atoms with E-state index < -0.39 is 38.6 Å². The van der Waals surface area contributed by atoms with Crippen molar-refractivity contribution in [2.45, 2.75) is 174 Å². The highest BCUT2D eigenvalue weighted by Crippen LogP contribution is 2.43. The van der Waals surface area contributed by atoms with Crippen LogP contribution < -0.4 is 5.73 Å². The van der Waals surface area contributed by atoms with Crippen molar-refractivity contribution in [2.24, 2.45) is 5.73 Å². The molecule has 0 aliphatic heterocycles. The first-order chi connectivity index (χ1) is 27.2. The van der Waals surface area contributed by atoms with E-state index in [0.29, 0.717) is 19.3 Å². The molecular formula is C45H78NO9P. The third kappa shape index (κ3) is 39.6. The maximum atomic E-state index is 12.6. The van der Waals surface area contributed by atoms with E-state index in [-0.39, 0.29) is 32.6 Å². The first-order valence-corrected chi connectivity index (χ1v) is 23.0. The summed E-state index contributed by atoms with van der Waals surface area (Å²) in [5, 5.41) is 10.3. The monoisotopic (exact) mass is 808 g/mol. The van der Waals surface area contributed by atoms with Crippen LogP contribution in [0.2, 0.25) is 0 Å². The zero-order valence-electron chi connectivity index (χ0n) is 35.0. The second kappa shape index (κ2) is 40.6. The number of rotatable bonds is 39. The maximum absolute atomic E-state index is 12.6. The number of unbranched alkanes of at least 4 members (excludes halogenated alkanes) is 13. The third-order valence-corrected chi connectivity index (χ3v) is 9.66. The van der Waals surface area contributed by atoms with E-state index in [9.17, 15) is 24.2 Å². The molecule has 0 aromatic rings. The van der Waals surface area contributed by atoms with Crippen molar-refractivity contribution in [3.8, 4) is 0 Å². The Kier molecular flexibility index (Phi) is 38.7. The maximum Gasteiger partial charge on any atom is 0.472 e. The van der Waals surface area contributed by atoms with E-state index in [4.69, 9.17) is 24.3 Å². The molecule has 10 nitrogen and oxygen atoms in total. The van der Waals surface area contributed by atoms with Gasteiger partial charge in [0.05, 0.1) is 19.3 Å². The van der Waals surface area contributed by atoms with E-state index in [1.807, 2.05) is 12.2 Å². The fourth-order valence-electron chi connectivity index (χ4n) is 5.48. The number of hydrogen-bond acceptors (Lipinski definition) is 9. The van der Waals surface area contributed by atoms with Gasteiger partial charge in [0.25, 0.3) is 0 Å². The molecule has 0 fully saturated rings. The van der Waals surface area contributed by atoms with Crippen molar-refractivity contribution in [3.63, 3.8) is 0 Å². The van der Waals surface area contributed by atoms with Crippen molar-refractivity contribution in [2.75, 3.05) is 26.4 Å². The van der Waals surface area contributed by atoms with Gasteiger partial charge in [-0.05, 0) is 70.6 Å². The summed E-state index contributed by atoms with van der Waals surface area (Å²) in [4.78, 5) is 34.9. The number of esters is 2. The lowest BCUT2D eigenvalue weighted by Crippen LogP contribution is -2.29. The largest absolute Gasteiger partial charge is 0.472 e. The standard InChI is InChI=1S/C45H78NO9P/c1-3-5-7-9-11-13-15-17-18-19-20-22-24-26-28-30-32-36-44(48)52-40-43(41-54-56(50,51)53-39-38-46)55-45(49)37-33-35-42(47)34-31-29-27-25-23-21-16-14-12-10-8-6-4-2/h6,8,12,14,17-18,21,23,27,29,31,34,42-43,47H,3-5,7,9-11,13,15-16,19-20,22,24-26,28,30,32-33,35-41,46H2,1-2H3,(H,50,51)/b8-6-,14-12-,18-17-,23-21-,29-27-,34-31+/t42?,43-/m1/s1. The fourth-order valence-corrected chi connectivity index (χ4v) is 6.25. The lowest BCUT2D eigenvalue weighted by atomic mass is 10.1. The lowest BCUT2D eigenvalue weighted by Gasteiger charge is -2.20. The van der Waals surface area contributed by atoms with Gasteiger partial charge in [-0.1, -0.05) is 151 Å². The van der Waals surface area contributed by atoms with Gasteiger partial charge >= 0.3 is 19.8 Å². The van der Waals surface area contributed by atoms with Gasteiger partial charge in [-0.25, -0.2) is 4.57 Å². The molecule has 0 spiro atoms. The second-order valence-electron chi connectivity index (χ2n) is 14.0. The Morgan fingerprint density at radius 1 is 0.643 bits per heavy atom. The molecular weight excluding hydrogens is 729 g/mol. The molecule has 322 valence electrons. The van der Waals surface area contributed by atoms with E-state index in [0.717, 1.165) is 51.4 Å². The molecule has 0 saturated carbocycles. The van der Waals surface area contributed by atoms with Crippen LogP contribution in [0.1, 0.15) is 162 Å². The van der Waals surface area contributed by atoms with Crippen LogP contribution >= 0.6 is 7.82 Å². The molecule has 0 bridgehead atoms. The summed E-state index contributed by atoms with van der Waals surface area (Å²) >= 11 is 0. The predicted octanol–water partition coefficient (Wildman–Crippen LogP) is 11.2. The number of allylic oxidation sites excluding steroid dienone is 11. The fraction of sp³-hybridized carbons (Fsp3) is 0.689. The summed E-state index contributed by atoms with van der Waals surface area (Å²) in [5.74, 6) is -1.04. The molecule has 0 aromatic heterocycles. The van der Waals surface area contributed by atoms with Gasteiger partial charge in [-0.2, -0.15) is 0 Å². The molecule has 0 aliphatic carbocycles. The number of phosphoric acid groups is 1. The van der Waals surface area contributed by atoms with Crippen molar-refractivity contribution in [1.29, 1.82) is 0 Å². The Balaban J connectivity index is 4.37. The van der Waals surface area contributed by atoms with E-state index >= 15 is 0 Å². The Labute approximate surface area is 340 Å². The van der Waals surface area contributed by atoms with Gasteiger partial charge in [0.15, 0.2) is 6.10 Å². The highest BCUT2D eigenvalue weighted by atomic mass is 31.2. The zero-order chi connectivity index (χ0) is 41.2. The summed E-state index contributed by atoms with van der Waals surface area (Å²) in [6.07, 6.45) is 45.3. The van der Waals surface area contributed by atoms with E-state index in [1.165, 1.54) is 64.2 Å². The molecule has 4 N–H and O–H groups in total. The number of carbonyl (C=O) groups excluding carboxylic acids is 2. The summed E-state index contributed by atoms with van der Waals surface area (Å²) < 4.78 is 32.6.